The van der Waals surface area contributed by atoms with Crippen LogP contribution in [0.15, 0.2) is 6.20 Å². The van der Waals surface area contributed by atoms with Crippen molar-refractivity contribution >= 4 is 30.5 Å². The predicted molar refractivity (Wildman–Crippen MR) is 61.4 cm³/mol. The zero-order valence-electron chi connectivity index (χ0n) is 8.47. The minimum atomic E-state index is -4.20. The molecule has 7 heteroatoms. The smallest absolute Gasteiger partial charge is 0.324 e. The Morgan fingerprint density at radius 3 is 2.33 bits per heavy atom. The van der Waals surface area contributed by atoms with E-state index in [4.69, 9.17) is 11.6 Å². The molecule has 2 N–H and O–H groups in total. The summed E-state index contributed by atoms with van der Waals surface area (Å²) in [6.07, 6.45) is 2.19. The number of hydrogen-bond acceptors (Lipinski definition) is 3. The first-order valence-corrected chi connectivity index (χ1v) is 7.35. The van der Waals surface area contributed by atoms with Crippen LogP contribution in [-0.2, 0) is 9.72 Å². The Balaban J connectivity index is 3.29. The average Bonchev–Trinajstić information content (AvgIpc) is 2.53. The fourth-order valence-electron chi connectivity index (χ4n) is 1.62. The van der Waals surface area contributed by atoms with Crippen LogP contribution in [0.4, 0.5) is 0 Å². The van der Waals surface area contributed by atoms with Crippen molar-refractivity contribution in [3.8, 4) is 0 Å². The summed E-state index contributed by atoms with van der Waals surface area (Å²) >= 11 is 6.82. The van der Waals surface area contributed by atoms with Crippen molar-refractivity contribution < 1.29 is 14.4 Å². The quantitative estimate of drug-likeness (QED) is 0.825. The number of nitrogens with zero attached hydrogens (tertiary/aromatic N) is 1. The van der Waals surface area contributed by atoms with Crippen LogP contribution in [0.1, 0.15) is 31.6 Å². The molecule has 0 unspecified atom stereocenters. The average molecular weight is 270 g/mol. The lowest BCUT2D eigenvalue weighted by Gasteiger charge is -2.30. The highest BCUT2D eigenvalue weighted by atomic mass is 35.5. The van der Waals surface area contributed by atoms with E-state index in [0.717, 1.165) is 11.3 Å². The summed E-state index contributed by atoms with van der Waals surface area (Å²) in [4.78, 5) is 23.3. The number of thiazole rings is 1. The topological polar surface area (TPSA) is 70.4 Å². The van der Waals surface area contributed by atoms with E-state index >= 15 is 0 Å². The van der Waals surface area contributed by atoms with Gasteiger partial charge in [0.2, 0.25) is 0 Å². The van der Waals surface area contributed by atoms with E-state index < -0.39 is 12.8 Å². The largest absolute Gasteiger partial charge is 0.336 e. The Bertz CT molecular complexity index is 385. The molecule has 1 heterocycles. The van der Waals surface area contributed by atoms with E-state index in [0.29, 0.717) is 22.2 Å². The molecule has 0 aliphatic rings. The Labute approximate surface area is 97.5 Å². The Morgan fingerprint density at radius 1 is 1.53 bits per heavy atom. The fraction of sp³-hybridized carbons (Fsp3) is 0.625. The molecule has 0 spiro atoms. The maximum atomic E-state index is 11.6. The summed E-state index contributed by atoms with van der Waals surface area (Å²) in [6.45, 7) is 3.52. The SMILES string of the molecule is CCC(CC)(c1cnc(Cl)s1)P(=O)(O)O. The monoisotopic (exact) mass is 269 g/mol. The fourth-order valence-corrected chi connectivity index (χ4v) is 4.45. The summed E-state index contributed by atoms with van der Waals surface area (Å²) in [5, 5.41) is -1.13. The summed E-state index contributed by atoms with van der Waals surface area (Å²) in [5.74, 6) is 0. The molecule has 15 heavy (non-hydrogen) atoms. The molecule has 1 aromatic heterocycles. The zero-order chi connectivity index (χ0) is 11.7. The predicted octanol–water partition coefficient (Wildman–Crippen LogP) is 2.99. The van der Waals surface area contributed by atoms with Crippen LogP contribution in [0, 0.1) is 0 Å². The number of halogens is 1. The van der Waals surface area contributed by atoms with E-state index in [2.05, 4.69) is 4.98 Å². The molecule has 0 radical (unpaired) electrons. The van der Waals surface area contributed by atoms with Crippen molar-refractivity contribution in [2.75, 3.05) is 0 Å². The Morgan fingerprint density at radius 2 is 2.07 bits per heavy atom. The lowest BCUT2D eigenvalue weighted by Crippen LogP contribution is -2.23. The molecule has 86 valence electrons. The summed E-state index contributed by atoms with van der Waals surface area (Å²) in [7, 11) is -4.20. The second-order valence-electron chi connectivity index (χ2n) is 3.26. The first-order chi connectivity index (χ1) is 6.87. The van der Waals surface area contributed by atoms with Crippen LogP contribution < -0.4 is 0 Å². The van der Waals surface area contributed by atoms with Crippen LogP contribution in [0.5, 0.6) is 0 Å². The second-order valence-corrected chi connectivity index (χ2v) is 6.82. The molecule has 0 bridgehead atoms. The Kier molecular flexibility index (Phi) is 3.95. The van der Waals surface area contributed by atoms with Gasteiger partial charge >= 0.3 is 7.60 Å². The minimum Gasteiger partial charge on any atom is -0.324 e. The minimum absolute atomic E-state index is 0.310. The van der Waals surface area contributed by atoms with Crippen LogP contribution in [0.3, 0.4) is 0 Å². The van der Waals surface area contributed by atoms with Crippen molar-refractivity contribution in [3.05, 3.63) is 15.5 Å². The zero-order valence-corrected chi connectivity index (χ0v) is 10.9. The standard InChI is InChI=1S/C8H13ClNO3PS/c1-3-8(4-2,14(11,12)13)6-5-10-7(9)15-6/h5H,3-4H2,1-2H3,(H2,11,12,13). The molecular weight excluding hydrogens is 257 g/mol. The van der Waals surface area contributed by atoms with Gasteiger partial charge in [-0.2, -0.15) is 0 Å². The van der Waals surface area contributed by atoms with E-state index in [9.17, 15) is 14.4 Å². The van der Waals surface area contributed by atoms with Crippen molar-refractivity contribution in [2.24, 2.45) is 0 Å². The third-order valence-electron chi connectivity index (χ3n) is 2.66. The van der Waals surface area contributed by atoms with Crippen LogP contribution in [-0.4, -0.2) is 14.8 Å². The molecule has 0 saturated carbocycles. The van der Waals surface area contributed by atoms with Gasteiger partial charge < -0.3 is 9.79 Å². The molecular formula is C8H13ClNO3PS. The molecule has 0 aliphatic heterocycles. The van der Waals surface area contributed by atoms with Gasteiger partial charge in [0.1, 0.15) is 5.16 Å². The summed E-state index contributed by atoms with van der Waals surface area (Å²) < 4.78 is 11.9. The molecule has 1 rings (SSSR count). The van der Waals surface area contributed by atoms with E-state index in [1.165, 1.54) is 6.20 Å². The lowest BCUT2D eigenvalue weighted by atomic mass is 10.0. The first kappa shape index (κ1) is 13.1. The summed E-state index contributed by atoms with van der Waals surface area (Å²) in [5.41, 5.74) is 0. The number of rotatable bonds is 4. The van der Waals surface area contributed by atoms with E-state index in [-0.39, 0.29) is 0 Å². The van der Waals surface area contributed by atoms with Crippen molar-refractivity contribution in [1.82, 2.24) is 4.98 Å². The van der Waals surface area contributed by atoms with Gasteiger partial charge in [0, 0.05) is 11.1 Å². The molecule has 0 amide bonds. The van der Waals surface area contributed by atoms with Crippen molar-refractivity contribution in [2.45, 2.75) is 31.8 Å². The lowest BCUT2D eigenvalue weighted by molar-refractivity contribution is 0.317. The molecule has 0 aromatic carbocycles. The maximum absolute atomic E-state index is 11.6. The van der Waals surface area contributed by atoms with Crippen LogP contribution in [0.2, 0.25) is 4.47 Å². The van der Waals surface area contributed by atoms with Gasteiger partial charge in [0.15, 0.2) is 4.47 Å². The van der Waals surface area contributed by atoms with Gasteiger partial charge in [-0.3, -0.25) is 4.57 Å². The molecule has 4 nitrogen and oxygen atoms in total. The third kappa shape index (κ3) is 2.27. The van der Waals surface area contributed by atoms with Gasteiger partial charge in [-0.25, -0.2) is 4.98 Å². The first-order valence-electron chi connectivity index (χ1n) is 4.55. The highest BCUT2D eigenvalue weighted by Crippen LogP contribution is 2.62. The Hall–Kier alpha value is 0.0700. The van der Waals surface area contributed by atoms with E-state index in [1.807, 2.05) is 0 Å². The van der Waals surface area contributed by atoms with Gasteiger partial charge in [0.25, 0.3) is 0 Å². The second kappa shape index (κ2) is 4.52. The number of hydrogen-bond donors (Lipinski definition) is 2. The molecule has 0 aliphatic carbocycles. The molecule has 1 aromatic rings. The molecule has 0 atom stereocenters. The van der Waals surface area contributed by atoms with Gasteiger partial charge in [-0.1, -0.05) is 25.4 Å². The van der Waals surface area contributed by atoms with Crippen LogP contribution >= 0.6 is 30.5 Å². The van der Waals surface area contributed by atoms with Gasteiger partial charge in [0.05, 0.1) is 0 Å². The molecule has 0 saturated heterocycles. The molecule has 0 fully saturated rings. The highest BCUT2D eigenvalue weighted by molar-refractivity contribution is 7.53. The maximum Gasteiger partial charge on any atom is 0.336 e. The van der Waals surface area contributed by atoms with E-state index in [1.54, 1.807) is 13.8 Å². The van der Waals surface area contributed by atoms with Gasteiger partial charge in [-0.05, 0) is 12.8 Å². The normalized spacial score (nSPS) is 13.1. The van der Waals surface area contributed by atoms with Crippen molar-refractivity contribution in [1.29, 1.82) is 0 Å². The highest BCUT2D eigenvalue weighted by Gasteiger charge is 2.46. The van der Waals surface area contributed by atoms with Crippen molar-refractivity contribution in [3.63, 3.8) is 0 Å². The third-order valence-corrected chi connectivity index (χ3v) is 6.12. The summed E-state index contributed by atoms with van der Waals surface area (Å²) in [6, 6.07) is 0. The number of aromatic nitrogens is 1. The van der Waals surface area contributed by atoms with Crippen LogP contribution in [0.25, 0.3) is 0 Å². The van der Waals surface area contributed by atoms with Gasteiger partial charge in [-0.15, -0.1) is 11.3 Å².